The van der Waals surface area contributed by atoms with E-state index in [9.17, 15) is 20.1 Å². The summed E-state index contributed by atoms with van der Waals surface area (Å²) in [7, 11) is 0. The van der Waals surface area contributed by atoms with Crippen LogP contribution in [0.5, 0.6) is 0 Å². The Morgan fingerprint density at radius 3 is 2.40 bits per heavy atom. The van der Waals surface area contributed by atoms with Crippen molar-refractivity contribution in [3.8, 4) is 0 Å². The lowest BCUT2D eigenvalue weighted by atomic mass is 9.88. The average molecular weight is 219 g/mol. The van der Waals surface area contributed by atoms with Crippen molar-refractivity contribution < 1.29 is 30.3 Å². The third-order valence-corrected chi connectivity index (χ3v) is 2.29. The molecule has 0 saturated carbocycles. The summed E-state index contributed by atoms with van der Waals surface area (Å²) in [5.41, 5.74) is 0.0755. The zero-order chi connectivity index (χ0) is 11.6. The van der Waals surface area contributed by atoms with E-state index in [1.807, 2.05) is 5.32 Å². The molecule has 15 heavy (non-hydrogen) atoms. The first kappa shape index (κ1) is 11.9. The van der Waals surface area contributed by atoms with E-state index in [-0.39, 0.29) is 5.57 Å². The van der Waals surface area contributed by atoms with Crippen LogP contribution in [0.25, 0.3) is 0 Å². The summed E-state index contributed by atoms with van der Waals surface area (Å²) < 4.78 is 0. The lowest BCUT2D eigenvalue weighted by Crippen LogP contribution is -2.55. The van der Waals surface area contributed by atoms with E-state index in [2.05, 4.69) is 0 Å². The van der Waals surface area contributed by atoms with Gasteiger partial charge in [0, 0.05) is 0 Å². The molecule has 1 aliphatic carbocycles. The molecule has 4 unspecified atom stereocenters. The largest absolute Gasteiger partial charge is 0.465 e. The van der Waals surface area contributed by atoms with E-state index in [1.54, 1.807) is 0 Å². The van der Waals surface area contributed by atoms with Gasteiger partial charge in [-0.05, 0) is 5.57 Å². The normalized spacial score (nSPS) is 35.9. The SMILES string of the molecule is O=C(O)NC1C=C(CO)C(O)C(O)C1O. The van der Waals surface area contributed by atoms with Crippen LogP contribution < -0.4 is 5.32 Å². The molecular weight excluding hydrogens is 206 g/mol. The standard InChI is InChI=1S/C8H13NO6/c10-2-3-1-4(9-8(14)15)6(12)7(13)5(3)11/h1,4-7,9-13H,2H2,(H,14,15). The lowest BCUT2D eigenvalue weighted by molar-refractivity contribution is -0.0633. The van der Waals surface area contributed by atoms with Gasteiger partial charge in [-0.2, -0.15) is 0 Å². The van der Waals surface area contributed by atoms with Crippen molar-refractivity contribution in [2.45, 2.75) is 24.4 Å². The molecule has 0 heterocycles. The van der Waals surface area contributed by atoms with Crippen LogP contribution in [-0.4, -0.2) is 62.6 Å². The summed E-state index contributed by atoms with van der Waals surface area (Å²) in [6, 6.07) is -1.04. The van der Waals surface area contributed by atoms with Crippen molar-refractivity contribution >= 4 is 6.09 Å². The quantitative estimate of drug-likeness (QED) is 0.288. The van der Waals surface area contributed by atoms with Crippen molar-refractivity contribution in [1.82, 2.24) is 5.32 Å². The molecule has 7 nitrogen and oxygen atoms in total. The minimum Gasteiger partial charge on any atom is -0.465 e. The van der Waals surface area contributed by atoms with Gasteiger partial charge >= 0.3 is 6.09 Å². The van der Waals surface area contributed by atoms with Crippen LogP contribution in [0.4, 0.5) is 4.79 Å². The van der Waals surface area contributed by atoms with E-state index in [1.165, 1.54) is 6.08 Å². The predicted octanol–water partition coefficient (Wildman–Crippen LogP) is -2.36. The summed E-state index contributed by atoms with van der Waals surface area (Å²) in [6.45, 7) is -0.511. The Bertz CT molecular complexity index is 278. The maximum atomic E-state index is 10.3. The summed E-state index contributed by atoms with van der Waals surface area (Å²) in [6.07, 6.45) is -4.51. The molecule has 0 spiro atoms. The number of hydrogen-bond acceptors (Lipinski definition) is 5. The third kappa shape index (κ3) is 2.45. The minimum absolute atomic E-state index is 0.0755. The van der Waals surface area contributed by atoms with E-state index in [0.717, 1.165) is 0 Å². The first-order chi connectivity index (χ1) is 6.97. The van der Waals surface area contributed by atoms with Crippen LogP contribution in [-0.2, 0) is 0 Å². The molecule has 0 aliphatic heterocycles. The Morgan fingerprint density at radius 2 is 1.93 bits per heavy atom. The van der Waals surface area contributed by atoms with Gasteiger partial charge in [-0.25, -0.2) is 4.79 Å². The highest BCUT2D eigenvalue weighted by Crippen LogP contribution is 2.19. The Hall–Kier alpha value is -1.15. The number of nitrogens with one attached hydrogen (secondary N) is 1. The fourth-order valence-electron chi connectivity index (χ4n) is 1.46. The number of carboxylic acid groups (broad SMARTS) is 1. The van der Waals surface area contributed by atoms with Gasteiger partial charge in [0.1, 0.15) is 18.3 Å². The van der Waals surface area contributed by atoms with Crippen LogP contribution >= 0.6 is 0 Å². The number of amides is 1. The number of aliphatic hydroxyl groups excluding tert-OH is 4. The molecule has 0 radical (unpaired) electrons. The van der Waals surface area contributed by atoms with Gasteiger partial charge in [-0.15, -0.1) is 0 Å². The Morgan fingerprint density at radius 1 is 1.33 bits per heavy atom. The minimum atomic E-state index is -1.52. The van der Waals surface area contributed by atoms with Crippen molar-refractivity contribution in [1.29, 1.82) is 0 Å². The molecule has 1 amide bonds. The van der Waals surface area contributed by atoms with Gasteiger partial charge in [0.2, 0.25) is 0 Å². The fourth-order valence-corrected chi connectivity index (χ4v) is 1.46. The molecule has 0 aromatic rings. The Labute approximate surface area is 85.3 Å². The molecule has 0 bridgehead atoms. The summed E-state index contributed by atoms with van der Waals surface area (Å²) in [5, 5.41) is 47.3. The second-order valence-corrected chi connectivity index (χ2v) is 3.30. The Kier molecular flexibility index (Phi) is 3.64. The van der Waals surface area contributed by atoms with Crippen molar-refractivity contribution in [3.05, 3.63) is 11.6 Å². The van der Waals surface area contributed by atoms with E-state index in [0.29, 0.717) is 0 Å². The molecule has 1 rings (SSSR count). The number of carbonyl (C=O) groups is 1. The van der Waals surface area contributed by atoms with E-state index < -0.39 is 37.1 Å². The molecule has 1 aliphatic rings. The van der Waals surface area contributed by atoms with Crippen molar-refractivity contribution in [3.63, 3.8) is 0 Å². The molecular formula is C8H13NO6. The van der Waals surface area contributed by atoms with Crippen molar-refractivity contribution in [2.24, 2.45) is 0 Å². The number of rotatable bonds is 2. The second-order valence-electron chi connectivity index (χ2n) is 3.30. The first-order valence-corrected chi connectivity index (χ1v) is 4.32. The van der Waals surface area contributed by atoms with E-state index >= 15 is 0 Å². The summed E-state index contributed by atoms with van der Waals surface area (Å²) in [5.74, 6) is 0. The lowest BCUT2D eigenvalue weighted by Gasteiger charge is -2.33. The van der Waals surface area contributed by atoms with Crippen LogP contribution in [0.15, 0.2) is 11.6 Å². The maximum absolute atomic E-state index is 10.3. The number of aliphatic hydroxyl groups is 4. The summed E-state index contributed by atoms with van der Waals surface area (Å²) >= 11 is 0. The average Bonchev–Trinajstić information content (AvgIpc) is 2.18. The summed E-state index contributed by atoms with van der Waals surface area (Å²) in [4.78, 5) is 10.3. The smallest absolute Gasteiger partial charge is 0.405 e. The van der Waals surface area contributed by atoms with Gasteiger partial charge in [-0.1, -0.05) is 6.08 Å². The fraction of sp³-hybridized carbons (Fsp3) is 0.625. The van der Waals surface area contributed by atoms with E-state index in [4.69, 9.17) is 10.2 Å². The van der Waals surface area contributed by atoms with Gasteiger partial charge in [0.15, 0.2) is 0 Å². The monoisotopic (exact) mass is 219 g/mol. The number of hydrogen-bond donors (Lipinski definition) is 6. The topological polar surface area (TPSA) is 130 Å². The predicted molar refractivity (Wildman–Crippen MR) is 48.1 cm³/mol. The van der Waals surface area contributed by atoms with Crippen LogP contribution in [0, 0.1) is 0 Å². The van der Waals surface area contributed by atoms with Crippen molar-refractivity contribution in [2.75, 3.05) is 6.61 Å². The molecule has 6 N–H and O–H groups in total. The molecule has 0 saturated heterocycles. The molecule has 0 fully saturated rings. The van der Waals surface area contributed by atoms with Crippen LogP contribution in [0.1, 0.15) is 0 Å². The molecule has 0 aromatic carbocycles. The molecule has 7 heteroatoms. The molecule has 4 atom stereocenters. The zero-order valence-electron chi connectivity index (χ0n) is 7.74. The zero-order valence-corrected chi connectivity index (χ0v) is 7.74. The highest BCUT2D eigenvalue weighted by atomic mass is 16.4. The first-order valence-electron chi connectivity index (χ1n) is 4.32. The Balaban J connectivity index is 2.87. The molecule has 86 valence electrons. The van der Waals surface area contributed by atoms with Gasteiger partial charge < -0.3 is 30.8 Å². The van der Waals surface area contributed by atoms with Gasteiger partial charge in [-0.3, -0.25) is 0 Å². The second kappa shape index (κ2) is 4.58. The van der Waals surface area contributed by atoms with Gasteiger partial charge in [0.25, 0.3) is 0 Å². The molecule has 0 aromatic heterocycles. The van der Waals surface area contributed by atoms with Crippen LogP contribution in [0.3, 0.4) is 0 Å². The highest BCUT2D eigenvalue weighted by molar-refractivity contribution is 5.65. The van der Waals surface area contributed by atoms with Gasteiger partial charge in [0.05, 0.1) is 12.6 Å². The highest BCUT2D eigenvalue weighted by Gasteiger charge is 2.37. The van der Waals surface area contributed by atoms with Crippen LogP contribution in [0.2, 0.25) is 0 Å². The maximum Gasteiger partial charge on any atom is 0.405 e. The third-order valence-electron chi connectivity index (χ3n) is 2.29.